The molecule has 2 atom stereocenters. The van der Waals surface area contributed by atoms with E-state index in [1.807, 2.05) is 0 Å². The molecule has 1 aliphatic rings. The molecule has 1 saturated carbocycles. The molecule has 0 bridgehead atoms. The van der Waals surface area contributed by atoms with Gasteiger partial charge in [-0.2, -0.15) is 0 Å². The third-order valence-corrected chi connectivity index (χ3v) is 7.14. The first kappa shape index (κ1) is 25.2. The average Bonchev–Trinajstić information content (AvgIpc) is 2.82. The second-order valence-corrected chi connectivity index (χ2v) is 11.2. The van der Waals surface area contributed by atoms with E-state index >= 15 is 0 Å². The molecule has 4 heteroatoms. The van der Waals surface area contributed by atoms with Crippen molar-refractivity contribution in [1.82, 2.24) is 10.3 Å². The second-order valence-electron chi connectivity index (χ2n) is 11.2. The van der Waals surface area contributed by atoms with Crippen LogP contribution in [-0.2, 0) is 4.79 Å². The first-order valence-electron chi connectivity index (χ1n) is 13.3. The van der Waals surface area contributed by atoms with E-state index in [-0.39, 0.29) is 11.4 Å². The van der Waals surface area contributed by atoms with Gasteiger partial charge in [0.15, 0.2) is 0 Å². The summed E-state index contributed by atoms with van der Waals surface area (Å²) in [6.07, 6.45) is 6.22. The Balaban J connectivity index is 1.75. The Labute approximate surface area is 210 Å². The number of rotatable bonds is 7. The van der Waals surface area contributed by atoms with E-state index in [9.17, 15) is 4.79 Å². The number of amides is 1. The van der Waals surface area contributed by atoms with Crippen LogP contribution in [0.4, 0.5) is 5.82 Å². The summed E-state index contributed by atoms with van der Waals surface area (Å²) < 4.78 is 0. The molecule has 35 heavy (non-hydrogen) atoms. The monoisotopic (exact) mass is 471 g/mol. The highest BCUT2D eigenvalue weighted by Gasteiger charge is 2.30. The van der Waals surface area contributed by atoms with Gasteiger partial charge >= 0.3 is 0 Å². The quantitative estimate of drug-likeness (QED) is 0.373. The van der Waals surface area contributed by atoms with E-state index in [4.69, 9.17) is 4.98 Å². The molecule has 0 radical (unpaired) electrons. The minimum absolute atomic E-state index is 0.0873. The number of pyridine rings is 1. The third kappa shape index (κ3) is 6.22. The molecule has 186 valence electrons. The van der Waals surface area contributed by atoms with Crippen LogP contribution in [0.2, 0.25) is 0 Å². The van der Waals surface area contributed by atoms with Crippen molar-refractivity contribution in [1.29, 1.82) is 0 Å². The van der Waals surface area contributed by atoms with Crippen LogP contribution in [-0.4, -0.2) is 23.0 Å². The summed E-state index contributed by atoms with van der Waals surface area (Å²) in [7, 11) is 0. The van der Waals surface area contributed by atoms with Crippen LogP contribution in [0.3, 0.4) is 0 Å². The van der Waals surface area contributed by atoms with Gasteiger partial charge in [0.1, 0.15) is 5.82 Å². The number of anilines is 1. The summed E-state index contributed by atoms with van der Waals surface area (Å²) in [6, 6.07) is 17.5. The van der Waals surface area contributed by atoms with E-state index in [0.29, 0.717) is 18.3 Å². The summed E-state index contributed by atoms with van der Waals surface area (Å²) in [5.74, 6) is 1.98. The van der Waals surface area contributed by atoms with Gasteiger partial charge in [0.2, 0.25) is 5.91 Å². The first-order chi connectivity index (χ1) is 16.7. The van der Waals surface area contributed by atoms with E-state index in [1.54, 1.807) is 0 Å². The van der Waals surface area contributed by atoms with Gasteiger partial charge in [-0.25, -0.2) is 4.98 Å². The summed E-state index contributed by atoms with van der Waals surface area (Å²) in [6.45, 7) is 11.5. The SMILES string of the molecule is CCCC(=O)NCC1CCCCC1c1cc2cc(-c3ccccc3C)ccc2nc1NC(C)(C)C. The van der Waals surface area contributed by atoms with Gasteiger partial charge in [0.25, 0.3) is 0 Å². The fourth-order valence-electron chi connectivity index (χ4n) is 5.42. The standard InChI is InChI=1S/C31H41N3O/c1-6-11-29(35)32-20-23-13-8-10-15-26(23)27-19-24-18-22(25-14-9-7-12-21(25)2)16-17-28(24)33-30(27)34-31(3,4)5/h7,9,12,14,16-19,23,26H,6,8,10-11,13,15,20H2,1-5H3,(H,32,35)(H,33,34). The van der Waals surface area contributed by atoms with E-state index < -0.39 is 0 Å². The predicted octanol–water partition coefficient (Wildman–Crippen LogP) is 7.61. The number of nitrogens with one attached hydrogen (secondary N) is 2. The molecule has 3 aromatic rings. The number of aryl methyl sites for hydroxylation is 1. The van der Waals surface area contributed by atoms with Gasteiger partial charge in [-0.3, -0.25) is 4.79 Å². The van der Waals surface area contributed by atoms with E-state index in [2.05, 4.69) is 93.8 Å². The molecule has 0 aliphatic heterocycles. The molecule has 2 N–H and O–H groups in total. The van der Waals surface area contributed by atoms with Gasteiger partial charge in [-0.15, -0.1) is 0 Å². The van der Waals surface area contributed by atoms with Crippen molar-refractivity contribution in [2.45, 2.75) is 84.6 Å². The molecular formula is C31H41N3O. The second kappa shape index (κ2) is 10.8. The van der Waals surface area contributed by atoms with Crippen molar-refractivity contribution in [2.75, 3.05) is 11.9 Å². The minimum Gasteiger partial charge on any atom is -0.365 e. The fraction of sp³-hybridized carbons (Fsp3) is 0.484. The molecule has 2 unspecified atom stereocenters. The molecule has 1 amide bonds. The number of fused-ring (bicyclic) bond motifs is 1. The van der Waals surface area contributed by atoms with Gasteiger partial charge in [-0.05, 0) is 99.2 Å². The van der Waals surface area contributed by atoms with Crippen molar-refractivity contribution in [3.63, 3.8) is 0 Å². The summed E-state index contributed by atoms with van der Waals surface area (Å²) in [5, 5.41) is 8.10. The molecule has 4 nitrogen and oxygen atoms in total. The molecule has 4 rings (SSSR count). The van der Waals surface area contributed by atoms with Crippen LogP contribution < -0.4 is 10.6 Å². The van der Waals surface area contributed by atoms with Gasteiger partial charge in [0, 0.05) is 23.9 Å². The van der Waals surface area contributed by atoms with Crippen molar-refractivity contribution in [3.05, 3.63) is 59.7 Å². The highest BCUT2D eigenvalue weighted by molar-refractivity contribution is 5.87. The topological polar surface area (TPSA) is 54.0 Å². The lowest BCUT2D eigenvalue weighted by molar-refractivity contribution is -0.121. The van der Waals surface area contributed by atoms with Crippen molar-refractivity contribution >= 4 is 22.6 Å². The van der Waals surface area contributed by atoms with Gasteiger partial charge < -0.3 is 10.6 Å². The van der Waals surface area contributed by atoms with E-state index in [0.717, 1.165) is 37.1 Å². The van der Waals surface area contributed by atoms with Crippen LogP contribution in [0.1, 0.15) is 83.3 Å². The van der Waals surface area contributed by atoms with Crippen LogP contribution >= 0.6 is 0 Å². The average molecular weight is 472 g/mol. The molecule has 1 fully saturated rings. The zero-order valence-electron chi connectivity index (χ0n) is 22.1. The Morgan fingerprint density at radius 3 is 2.57 bits per heavy atom. The van der Waals surface area contributed by atoms with Crippen molar-refractivity contribution in [3.8, 4) is 11.1 Å². The lowest BCUT2D eigenvalue weighted by Gasteiger charge is -2.34. The summed E-state index contributed by atoms with van der Waals surface area (Å²) in [5.41, 5.74) is 6.00. The van der Waals surface area contributed by atoms with Crippen LogP contribution in [0.5, 0.6) is 0 Å². The smallest absolute Gasteiger partial charge is 0.219 e. The van der Waals surface area contributed by atoms with Gasteiger partial charge in [-0.1, -0.05) is 50.1 Å². The maximum atomic E-state index is 12.2. The zero-order chi connectivity index (χ0) is 25.0. The van der Waals surface area contributed by atoms with E-state index in [1.165, 1.54) is 40.5 Å². The Morgan fingerprint density at radius 2 is 1.83 bits per heavy atom. The number of benzene rings is 2. The number of hydrogen-bond donors (Lipinski definition) is 2. The molecule has 2 aromatic carbocycles. The predicted molar refractivity (Wildman–Crippen MR) is 148 cm³/mol. The van der Waals surface area contributed by atoms with Crippen LogP contribution in [0.25, 0.3) is 22.0 Å². The Kier molecular flexibility index (Phi) is 7.78. The largest absolute Gasteiger partial charge is 0.365 e. The normalized spacial score (nSPS) is 18.4. The Morgan fingerprint density at radius 1 is 1.06 bits per heavy atom. The summed E-state index contributed by atoms with van der Waals surface area (Å²) in [4.78, 5) is 17.4. The number of carbonyl (C=O) groups excluding carboxylic acids is 1. The van der Waals surface area contributed by atoms with Crippen LogP contribution in [0.15, 0.2) is 48.5 Å². The third-order valence-electron chi connectivity index (χ3n) is 7.14. The lowest BCUT2D eigenvalue weighted by atomic mass is 9.75. The fourth-order valence-corrected chi connectivity index (χ4v) is 5.42. The first-order valence-corrected chi connectivity index (χ1v) is 13.3. The highest BCUT2D eigenvalue weighted by Crippen LogP contribution is 2.42. The summed E-state index contributed by atoms with van der Waals surface area (Å²) >= 11 is 0. The molecule has 0 saturated heterocycles. The number of aromatic nitrogens is 1. The molecular weight excluding hydrogens is 430 g/mol. The minimum atomic E-state index is -0.0873. The lowest BCUT2D eigenvalue weighted by Crippen LogP contribution is -2.34. The number of carbonyl (C=O) groups is 1. The number of nitrogens with zero attached hydrogens (tertiary/aromatic N) is 1. The maximum absolute atomic E-state index is 12.2. The Bertz CT molecular complexity index is 1180. The molecule has 1 aromatic heterocycles. The number of hydrogen-bond acceptors (Lipinski definition) is 3. The van der Waals surface area contributed by atoms with Crippen molar-refractivity contribution < 1.29 is 4.79 Å². The highest BCUT2D eigenvalue weighted by atomic mass is 16.1. The molecule has 1 heterocycles. The van der Waals surface area contributed by atoms with Crippen molar-refractivity contribution in [2.24, 2.45) is 5.92 Å². The van der Waals surface area contributed by atoms with Gasteiger partial charge in [0.05, 0.1) is 5.52 Å². The Hall–Kier alpha value is -2.88. The molecule has 1 aliphatic carbocycles. The molecule has 0 spiro atoms. The van der Waals surface area contributed by atoms with Crippen LogP contribution in [0, 0.1) is 12.8 Å². The maximum Gasteiger partial charge on any atom is 0.219 e. The zero-order valence-corrected chi connectivity index (χ0v) is 22.1.